The predicted molar refractivity (Wildman–Crippen MR) is 157 cm³/mol. The van der Waals surface area contributed by atoms with Crippen molar-refractivity contribution >= 4 is 64.1 Å². The number of halogens is 2. The Morgan fingerprint density at radius 3 is 2.55 bits per heavy atom. The van der Waals surface area contributed by atoms with E-state index in [0.717, 1.165) is 37.3 Å². The molecule has 3 fully saturated rings. The molecule has 2 saturated carbocycles. The normalized spacial score (nSPS) is 28.9. The van der Waals surface area contributed by atoms with Gasteiger partial charge < -0.3 is 19.6 Å². The van der Waals surface area contributed by atoms with Crippen molar-refractivity contribution in [2.45, 2.75) is 29.2 Å². The van der Waals surface area contributed by atoms with Crippen LogP contribution in [0.25, 0.3) is 0 Å². The van der Waals surface area contributed by atoms with Gasteiger partial charge in [-0.1, -0.05) is 46.7 Å². The number of thiazole rings is 1. The number of likely N-dealkylation sites (tertiary alicyclic amines) is 1. The van der Waals surface area contributed by atoms with E-state index in [1.807, 2.05) is 18.2 Å². The van der Waals surface area contributed by atoms with Crippen molar-refractivity contribution in [2.75, 3.05) is 13.7 Å². The molecule has 2 amide bonds. The Morgan fingerprint density at radius 1 is 1.07 bits per heavy atom. The Balaban J connectivity index is 1.24. The third kappa shape index (κ3) is 4.27. The van der Waals surface area contributed by atoms with E-state index in [1.54, 1.807) is 37.1 Å². The van der Waals surface area contributed by atoms with Crippen LogP contribution in [0.5, 0.6) is 11.5 Å². The molecule has 0 unspecified atom stereocenters. The number of H-pyrrole nitrogens is 1. The number of rotatable bonds is 7. The molecule has 2 N–H and O–H groups in total. The van der Waals surface area contributed by atoms with Crippen molar-refractivity contribution in [2.24, 2.45) is 29.6 Å². The first-order chi connectivity index (χ1) is 20.2. The quantitative estimate of drug-likeness (QED) is 0.348. The number of fused-ring (bicyclic) bond motifs is 9. The Bertz CT molecular complexity index is 1710. The molecule has 2 aliphatic heterocycles. The van der Waals surface area contributed by atoms with E-state index < -0.39 is 30.3 Å². The monoisotopic (exact) mass is 646 g/mol. The van der Waals surface area contributed by atoms with Crippen molar-refractivity contribution < 1.29 is 29.0 Å². The summed E-state index contributed by atoms with van der Waals surface area (Å²) in [6, 6.07) is 10.9. The minimum Gasteiger partial charge on any atom is -0.493 e. The van der Waals surface area contributed by atoms with Gasteiger partial charge >= 0.3 is 10.8 Å². The highest BCUT2D eigenvalue weighted by Gasteiger charge is 2.69. The number of carboxylic acids is 1. The summed E-state index contributed by atoms with van der Waals surface area (Å²) in [4.78, 5) is 55.2. The van der Waals surface area contributed by atoms with E-state index in [9.17, 15) is 24.3 Å². The lowest BCUT2D eigenvalue weighted by molar-refractivity contribution is -0.149. The van der Waals surface area contributed by atoms with Gasteiger partial charge in [-0.2, -0.15) is 0 Å². The molecule has 42 heavy (non-hydrogen) atoms. The predicted octanol–water partition coefficient (Wildman–Crippen LogP) is 4.89. The number of methoxy groups -OCH3 is 1. The first kappa shape index (κ1) is 27.8. The zero-order chi connectivity index (χ0) is 29.4. The molecule has 2 aromatic carbocycles. The molecule has 1 aromatic heterocycles. The molecule has 7 rings (SSSR count). The number of aromatic amines is 1. The average molecular weight is 648 g/mol. The van der Waals surface area contributed by atoms with Crippen LogP contribution < -0.4 is 14.3 Å². The lowest BCUT2D eigenvalue weighted by Gasteiger charge is -2.43. The number of hydrogen-bond donors (Lipinski definition) is 2. The van der Waals surface area contributed by atoms with Gasteiger partial charge in [0.25, 0.3) is 0 Å². The standard InChI is InChI=1S/C29H24Cl2N2O7S2/c1-39-18-6-11(3-5-17(18)40-10-12-2-4-13(30)7-16(12)31)20-21-14-8-15(24(21)41-26-25(20)42-29(38)32-26)23-22(14)27(36)33(28(23)37)9-19(34)35/h2-7,14-15,20-24H,8-10H2,1H3,(H,32,38)(H,34,35)/t14-,15+,20-,21+,22+,23+,24+/m0/s1. The molecule has 9 nitrogen and oxygen atoms in total. The van der Waals surface area contributed by atoms with Crippen LogP contribution in [0.4, 0.5) is 0 Å². The van der Waals surface area contributed by atoms with Gasteiger partial charge in [0.2, 0.25) is 11.8 Å². The Hall–Kier alpha value is -2.99. The highest BCUT2D eigenvalue weighted by atomic mass is 35.5. The Labute approximate surface area is 258 Å². The second-order valence-electron chi connectivity index (χ2n) is 11.1. The average Bonchev–Trinajstić information content (AvgIpc) is 3.68. The number of aromatic nitrogens is 1. The van der Waals surface area contributed by atoms with Crippen LogP contribution in [-0.4, -0.2) is 51.7 Å². The van der Waals surface area contributed by atoms with Crippen molar-refractivity contribution in [1.29, 1.82) is 0 Å². The van der Waals surface area contributed by atoms with Gasteiger partial charge in [0.05, 0.1) is 24.0 Å². The van der Waals surface area contributed by atoms with Gasteiger partial charge in [-0.15, -0.1) is 11.8 Å². The number of benzene rings is 2. The van der Waals surface area contributed by atoms with Gasteiger partial charge in [0.15, 0.2) is 11.5 Å². The van der Waals surface area contributed by atoms with Gasteiger partial charge in [-0.25, -0.2) is 0 Å². The van der Waals surface area contributed by atoms with Gasteiger partial charge in [-0.3, -0.25) is 24.1 Å². The van der Waals surface area contributed by atoms with Gasteiger partial charge in [0.1, 0.15) is 13.2 Å². The third-order valence-corrected chi connectivity index (χ3v) is 12.2. The van der Waals surface area contributed by atoms with Crippen molar-refractivity contribution in [1.82, 2.24) is 9.88 Å². The maximum atomic E-state index is 13.4. The number of aliphatic carboxylic acids is 1. The van der Waals surface area contributed by atoms with Gasteiger partial charge in [-0.05, 0) is 54.0 Å². The van der Waals surface area contributed by atoms with Crippen molar-refractivity contribution in [3.63, 3.8) is 0 Å². The number of hydrogen-bond acceptors (Lipinski definition) is 8. The van der Waals surface area contributed by atoms with Crippen LogP contribution in [0, 0.1) is 29.6 Å². The van der Waals surface area contributed by atoms with Crippen LogP contribution in [0.15, 0.2) is 46.2 Å². The van der Waals surface area contributed by atoms with E-state index >= 15 is 0 Å². The molecule has 13 heteroatoms. The molecule has 0 spiro atoms. The zero-order valence-electron chi connectivity index (χ0n) is 22.0. The number of carbonyl (C=O) groups is 3. The van der Waals surface area contributed by atoms with Crippen LogP contribution in [-0.2, 0) is 21.0 Å². The summed E-state index contributed by atoms with van der Waals surface area (Å²) in [6.45, 7) is -0.410. The maximum absolute atomic E-state index is 13.4. The first-order valence-corrected chi connectivity index (χ1v) is 15.8. The fraction of sp³-hybridized carbons (Fsp3) is 0.379. The third-order valence-electron chi connectivity index (χ3n) is 9.05. The number of amides is 2. The fourth-order valence-corrected chi connectivity index (χ4v) is 10.9. The molecule has 3 aromatic rings. The highest BCUT2D eigenvalue weighted by Crippen LogP contribution is 2.68. The molecule has 218 valence electrons. The summed E-state index contributed by atoms with van der Waals surface area (Å²) in [5.74, 6) is -2.45. The topological polar surface area (TPSA) is 126 Å². The highest BCUT2D eigenvalue weighted by molar-refractivity contribution is 8.00. The van der Waals surface area contributed by atoms with E-state index in [2.05, 4.69) is 4.98 Å². The molecule has 2 aliphatic carbocycles. The summed E-state index contributed by atoms with van der Waals surface area (Å²) in [6.07, 6.45) is 0.714. The van der Waals surface area contributed by atoms with Crippen molar-refractivity contribution in [3.8, 4) is 11.5 Å². The maximum Gasteiger partial charge on any atom is 0.323 e. The number of thioether (sulfide) groups is 1. The number of carbonyl (C=O) groups excluding carboxylic acids is 2. The number of carboxylic acid groups (broad SMARTS) is 1. The van der Waals surface area contributed by atoms with Gasteiger partial charge in [0, 0.05) is 31.7 Å². The smallest absolute Gasteiger partial charge is 0.323 e. The number of nitrogens with one attached hydrogen (secondary N) is 1. The fourth-order valence-electron chi connectivity index (χ4n) is 7.53. The number of ether oxygens (including phenoxy) is 2. The van der Waals surface area contributed by atoms with Crippen molar-refractivity contribution in [3.05, 3.63) is 72.1 Å². The molecule has 1 saturated heterocycles. The van der Waals surface area contributed by atoms with E-state index in [1.165, 1.54) is 0 Å². The summed E-state index contributed by atoms with van der Waals surface area (Å²) < 4.78 is 11.8. The minimum absolute atomic E-state index is 0.00510. The second-order valence-corrected chi connectivity index (χ2v) is 14.1. The zero-order valence-corrected chi connectivity index (χ0v) is 25.2. The number of nitrogens with zero attached hydrogens (tertiary/aromatic N) is 1. The summed E-state index contributed by atoms with van der Waals surface area (Å²) in [5.41, 5.74) is 1.68. The Morgan fingerprint density at radius 2 is 1.83 bits per heavy atom. The molecule has 2 bridgehead atoms. The lowest BCUT2D eigenvalue weighted by atomic mass is 9.68. The summed E-state index contributed by atoms with van der Waals surface area (Å²) >= 11 is 15.1. The van der Waals surface area contributed by atoms with E-state index in [-0.39, 0.29) is 46.3 Å². The lowest BCUT2D eigenvalue weighted by Crippen LogP contribution is -2.42. The summed E-state index contributed by atoms with van der Waals surface area (Å²) in [7, 11) is 1.56. The molecule has 4 aliphatic rings. The molecular formula is C29H24Cl2N2O7S2. The van der Waals surface area contributed by atoms with Crippen LogP contribution >= 0.6 is 46.3 Å². The SMILES string of the molecule is COc1cc([C@@H]2c3sc(=O)[nH]c3S[C@@H]3[C@@H]4C[C@H]([C@H]5C(=O)N(CC(=O)O)C(=O)[C@H]45)[C@H]23)ccc1OCc1ccc(Cl)cc1Cl. The Kier molecular flexibility index (Phi) is 6.84. The molecule has 7 atom stereocenters. The van der Waals surface area contributed by atoms with Crippen LogP contribution in [0.2, 0.25) is 10.0 Å². The molecule has 3 heterocycles. The first-order valence-electron chi connectivity index (χ1n) is 13.4. The number of imide groups is 1. The van der Waals surface area contributed by atoms with E-state index in [4.69, 9.17) is 32.7 Å². The second kappa shape index (κ2) is 10.3. The largest absolute Gasteiger partial charge is 0.493 e. The summed E-state index contributed by atoms with van der Waals surface area (Å²) in [5, 5.41) is 11.1. The van der Waals surface area contributed by atoms with Crippen LogP contribution in [0.3, 0.4) is 0 Å². The minimum atomic E-state index is -1.21. The molecular weight excluding hydrogens is 623 g/mol. The van der Waals surface area contributed by atoms with Crippen LogP contribution in [0.1, 0.15) is 28.3 Å². The molecule has 0 radical (unpaired) electrons. The van der Waals surface area contributed by atoms with E-state index in [0.29, 0.717) is 28.0 Å².